The van der Waals surface area contributed by atoms with Crippen LogP contribution in [0, 0.1) is 83.1 Å². The van der Waals surface area contributed by atoms with E-state index in [4.69, 9.17) is 71.1 Å². The minimum absolute atomic E-state index is 0.0290. The van der Waals surface area contributed by atoms with E-state index < -0.39 is 24.2 Å². The number of ether oxygens (including phenoxy) is 1. The van der Waals surface area contributed by atoms with Crippen molar-refractivity contribution in [3.8, 4) is 20.0 Å². The predicted molar refractivity (Wildman–Crippen MR) is 559 cm³/mol. The van der Waals surface area contributed by atoms with Crippen molar-refractivity contribution >= 4 is 144 Å². The Morgan fingerprint density at radius 1 is 0.386 bits per heavy atom. The molecule has 0 saturated carbocycles. The van der Waals surface area contributed by atoms with Crippen LogP contribution in [0.5, 0.6) is 0 Å². The van der Waals surface area contributed by atoms with Crippen molar-refractivity contribution in [3.05, 3.63) is 292 Å². The molecule has 7 aliphatic rings. The maximum atomic E-state index is 13.1. The third-order valence-corrected chi connectivity index (χ3v) is 31.9. The monoisotopic (exact) mass is 2030 g/mol. The zero-order valence-electron chi connectivity index (χ0n) is 80.4. The number of aryl methyl sites for hydroxylation is 8. The quantitative estimate of drug-likeness (QED) is 0.0437. The first kappa shape index (κ1) is 99.9. The summed E-state index contributed by atoms with van der Waals surface area (Å²) >= 11 is 31.5. The fourth-order valence-electron chi connectivity index (χ4n) is 17.9. The lowest BCUT2D eigenvalue weighted by molar-refractivity contribution is -0.122. The second-order valence-electron chi connectivity index (χ2n) is 35.6. The first-order valence-electron chi connectivity index (χ1n) is 46.9. The van der Waals surface area contributed by atoms with Crippen LogP contribution in [-0.4, -0.2) is 230 Å². The Balaban J connectivity index is 0.000000129. The molecule has 4 N–H and O–H groups in total. The van der Waals surface area contributed by atoms with Gasteiger partial charge in [-0.2, -0.15) is 0 Å². The van der Waals surface area contributed by atoms with Gasteiger partial charge < -0.3 is 30.9 Å². The lowest BCUT2D eigenvalue weighted by Crippen LogP contribution is -2.47. The number of piperazine rings is 1. The first-order chi connectivity index (χ1) is 67.6. The van der Waals surface area contributed by atoms with Gasteiger partial charge >= 0.3 is 0 Å². The van der Waals surface area contributed by atoms with E-state index in [-0.39, 0.29) is 49.3 Å². The predicted octanol–water partition coefficient (Wildman–Crippen LogP) is 17.2. The first-order valence-corrected chi connectivity index (χ1v) is 51.7. The molecule has 30 nitrogen and oxygen atoms in total. The highest BCUT2D eigenvalue weighted by Gasteiger charge is 2.39. The molecule has 9 aromatic heterocycles. The number of benzene rings is 4. The molecule has 4 amide bonds. The normalized spacial score (nSPS) is 16.9. The smallest absolute Gasteiger partial charge is 0.222 e. The average molecular weight is 2040 g/mol. The van der Waals surface area contributed by atoms with Crippen LogP contribution < -0.4 is 21.3 Å². The molecule has 0 radical (unpaired) electrons. The number of halogens is 4. The van der Waals surface area contributed by atoms with Crippen LogP contribution in [0.3, 0.4) is 0 Å². The van der Waals surface area contributed by atoms with E-state index in [1.54, 1.807) is 51.5 Å². The van der Waals surface area contributed by atoms with Crippen molar-refractivity contribution in [2.45, 2.75) is 152 Å². The molecule has 0 spiro atoms. The molecule has 16 heterocycles. The van der Waals surface area contributed by atoms with E-state index in [9.17, 15) is 19.2 Å². The van der Waals surface area contributed by atoms with Crippen LogP contribution in [0.15, 0.2) is 158 Å². The van der Waals surface area contributed by atoms with Gasteiger partial charge in [0.15, 0.2) is 23.3 Å². The maximum absolute atomic E-state index is 13.1. The number of carbonyl (C=O) groups is 4. The zero-order valence-corrected chi connectivity index (χ0v) is 86.7. The van der Waals surface area contributed by atoms with Gasteiger partial charge in [0.05, 0.1) is 61.7 Å². The summed E-state index contributed by atoms with van der Waals surface area (Å²) in [5, 5.41) is 54.4. The molecule has 0 aliphatic carbocycles. The summed E-state index contributed by atoms with van der Waals surface area (Å²) in [5.74, 6) is 5.67. The van der Waals surface area contributed by atoms with Gasteiger partial charge in [-0.25, -0.2) is 0 Å². The molecule has 4 atom stereocenters. The number of carbonyl (C=O) groups excluding carboxylic acids is 4. The van der Waals surface area contributed by atoms with Gasteiger partial charge in [-0.3, -0.25) is 77.2 Å². The molecule has 13 aromatic rings. The summed E-state index contributed by atoms with van der Waals surface area (Å²) in [6, 6.07) is 32.9. The molecule has 20 rings (SSSR count). The van der Waals surface area contributed by atoms with E-state index in [1.807, 2.05) is 156 Å². The number of hydrogen-bond donors (Lipinski definition) is 4. The minimum Gasteiger partial charge on any atom is -0.379 e. The Bertz CT molecular complexity index is 6950. The molecule has 140 heavy (non-hydrogen) atoms. The zero-order chi connectivity index (χ0) is 98.3. The maximum Gasteiger partial charge on any atom is 0.222 e. The molecule has 4 unspecified atom stereocenters. The molecular weight excluding hydrogens is 1930 g/mol. The van der Waals surface area contributed by atoms with Gasteiger partial charge in [-0.05, 0) is 191 Å². The van der Waals surface area contributed by atoms with Gasteiger partial charge in [-0.1, -0.05) is 101 Å². The number of pyridine rings is 1. The van der Waals surface area contributed by atoms with Gasteiger partial charge in [0.2, 0.25) is 23.6 Å². The fraction of sp³-hybridized carbons (Fsp3) is 0.373. The van der Waals surface area contributed by atoms with Crippen LogP contribution >= 0.6 is 91.8 Å². The Kier molecular flexibility index (Phi) is 31.9. The van der Waals surface area contributed by atoms with Gasteiger partial charge in [0.25, 0.3) is 0 Å². The summed E-state index contributed by atoms with van der Waals surface area (Å²) in [6.45, 7) is 36.2. The largest absolute Gasteiger partial charge is 0.379 e. The summed E-state index contributed by atoms with van der Waals surface area (Å²) < 4.78 is 13.7. The lowest BCUT2D eigenvalue weighted by atomic mass is 9.99. The number of rotatable bonds is 24. The number of aromatic nitrogens is 13. The highest BCUT2D eigenvalue weighted by Crippen LogP contribution is 2.46. The number of likely N-dealkylation sites (N-methyl/N-ethyl adjacent to an activating group) is 1. The van der Waals surface area contributed by atoms with E-state index >= 15 is 0 Å². The molecule has 4 aromatic carbocycles. The van der Waals surface area contributed by atoms with Crippen molar-refractivity contribution in [2.24, 2.45) is 25.0 Å². The van der Waals surface area contributed by atoms with Crippen molar-refractivity contribution in [2.75, 3.05) is 98.8 Å². The third-order valence-electron chi connectivity index (χ3n) is 26.1. The van der Waals surface area contributed by atoms with Crippen LogP contribution in [0.25, 0.3) is 20.0 Å². The van der Waals surface area contributed by atoms with Crippen LogP contribution in [-0.2, 0) is 30.3 Å². The second-order valence-corrected chi connectivity index (χ2v) is 42.2. The third kappa shape index (κ3) is 22.5. The SMILES string of the molecule is Cc1sc2c(c1C)C(c1ccc(Cl)cc1)=NC(CC(=O)NCCC1=CN=CC1)c1nnc(C)n1-2.Cc1sc2c(c1C)C(c1ccc(Cl)cc1)=NC(CC(=O)NCCN1CCN(C)CC1)c1nnc(C)n1-2.Cc1sc2c(c1C)C(c1ccc(Cl)cc1)=NC(CC(=O)NCCN1CCOCC1)c1nnc(C)n1-2.Cc1sc2c(c1C)C(c1ccc(Cl)cc1)=NC(CC(=O)NCCc1cccnc1)c1nnc(C)n1-2. The van der Waals surface area contributed by atoms with Gasteiger partial charge in [0, 0.05) is 194 Å². The van der Waals surface area contributed by atoms with Crippen molar-refractivity contribution in [1.29, 1.82) is 0 Å². The number of thiophene rings is 4. The summed E-state index contributed by atoms with van der Waals surface area (Å²) in [4.78, 5) is 92.7. The lowest BCUT2D eigenvalue weighted by Gasteiger charge is -2.32. The van der Waals surface area contributed by atoms with Crippen molar-refractivity contribution in [3.63, 3.8) is 0 Å². The average Bonchev–Trinajstić information content (AvgIpc) is 1.60. The molecule has 726 valence electrons. The topological polar surface area (TPSA) is 333 Å². The number of amides is 4. The summed E-state index contributed by atoms with van der Waals surface area (Å²) in [6.07, 6.45) is 10.5. The number of aliphatic imine (C=N–C) groups is 5. The van der Waals surface area contributed by atoms with Gasteiger partial charge in [0.1, 0.15) is 67.5 Å². The fourth-order valence-corrected chi connectivity index (χ4v) is 23.3. The highest BCUT2D eigenvalue weighted by atomic mass is 35.5. The van der Waals surface area contributed by atoms with E-state index in [1.165, 1.54) is 47.3 Å². The molecule has 0 bridgehead atoms. The van der Waals surface area contributed by atoms with Crippen LogP contribution in [0.1, 0.15) is 201 Å². The van der Waals surface area contributed by atoms with Gasteiger partial charge in [-0.15, -0.1) is 86.1 Å². The molecule has 38 heteroatoms. The van der Waals surface area contributed by atoms with Crippen molar-refractivity contribution in [1.82, 2.24) is 100 Å². The number of hydrogen-bond acceptors (Lipinski definition) is 26. The molecular formula is C102H111Cl4N25O5S4. The Hall–Kier alpha value is -11.6. The van der Waals surface area contributed by atoms with Crippen LogP contribution in [0.2, 0.25) is 20.1 Å². The van der Waals surface area contributed by atoms with E-state index in [0.717, 1.165) is 195 Å². The van der Waals surface area contributed by atoms with E-state index in [2.05, 4.69) is 167 Å². The number of nitrogens with one attached hydrogen (secondary N) is 4. The van der Waals surface area contributed by atoms with E-state index in [0.29, 0.717) is 76.0 Å². The Morgan fingerprint density at radius 2 is 0.693 bits per heavy atom. The number of morpholine rings is 1. The Morgan fingerprint density at radius 3 is 0.993 bits per heavy atom. The summed E-state index contributed by atoms with van der Waals surface area (Å²) in [5.41, 5.74) is 18.5. The Labute approximate surface area is 849 Å². The molecule has 7 aliphatic heterocycles. The molecule has 2 fully saturated rings. The standard InChI is InChI=1S/C26H32ClN7OS.C26H25ClN6OS.C25H29ClN6O2S.C25H25ClN6OS/c1-16-17(2)36-26-23(16)24(19-5-7-20(27)8-6-19)29-21(25-31-30-18(3)34(25)26)15-22(35)28-9-10-33-13-11-32(4)12-14-33;1-15-16(2)35-26-23(15)24(19-6-8-20(27)9-7-19)30-21(25-32-31-17(3)33(25)26)13-22(34)29-12-10-18-5-4-11-28-14-18;1-15-16(2)35-25-22(15)23(18-4-6-19(26)7-5-18)28-20(24-30-29-17(3)32(24)25)14-21(33)27-8-9-31-10-12-34-13-11-31;1-14-15(2)34-25-22(14)23(18-4-6-19(26)7-5-18)29-20(24-31-30-16(3)32(24)25)12-21(33)28-11-9-17-8-10-27-13-17/h5-8,21H,9-15H2,1-4H3,(H,28,35);4-9,11,14,21H,10,12-13H2,1-3H3,(H,29,34);4-7,20H,8-14H2,1-3H3,(H,27,33);4-7,10,13,20H,8-9,11-12H2,1-3H3,(H,28,33). The molecule has 2 saturated heterocycles. The van der Waals surface area contributed by atoms with Crippen LogP contribution in [0.4, 0.5) is 0 Å². The number of nitrogens with zero attached hydrogens (tertiary/aromatic N) is 21. The summed E-state index contributed by atoms with van der Waals surface area (Å²) in [7, 11) is 2.15. The number of fused-ring (bicyclic) bond motifs is 12. The second kappa shape index (κ2) is 44.7. The highest BCUT2D eigenvalue weighted by molar-refractivity contribution is 7.16. The minimum atomic E-state index is -0.473. The van der Waals surface area contributed by atoms with Crippen molar-refractivity contribution < 1.29 is 23.9 Å².